The van der Waals surface area contributed by atoms with Gasteiger partial charge in [0.25, 0.3) is 0 Å². The molecule has 31 heavy (non-hydrogen) atoms. The second-order valence-electron chi connectivity index (χ2n) is 10.8. The molecule has 2 heterocycles. The lowest BCUT2D eigenvalue weighted by molar-refractivity contribution is -0.194. The first kappa shape index (κ1) is 24.9. The van der Waals surface area contributed by atoms with Gasteiger partial charge in [-0.3, -0.25) is 4.79 Å². The third-order valence-corrected chi connectivity index (χ3v) is 11.3. The van der Waals surface area contributed by atoms with Gasteiger partial charge in [0, 0.05) is 24.9 Å². The van der Waals surface area contributed by atoms with Gasteiger partial charge in [0.1, 0.15) is 6.10 Å². The van der Waals surface area contributed by atoms with Crippen LogP contribution in [0.5, 0.6) is 0 Å². The monoisotopic (exact) mass is 454 g/mol. The van der Waals surface area contributed by atoms with Gasteiger partial charge >= 0.3 is 5.97 Å². The van der Waals surface area contributed by atoms with Crippen LogP contribution in [0.3, 0.4) is 0 Å². The van der Waals surface area contributed by atoms with E-state index < -0.39 is 14.4 Å². The van der Waals surface area contributed by atoms with E-state index in [4.69, 9.17) is 14.2 Å². The molecule has 6 nitrogen and oxygen atoms in total. The molecule has 3 aliphatic rings. The molecule has 1 saturated carbocycles. The zero-order valence-electron chi connectivity index (χ0n) is 19.7. The molecule has 2 saturated heterocycles. The van der Waals surface area contributed by atoms with Gasteiger partial charge in [-0.25, -0.2) is 0 Å². The Morgan fingerprint density at radius 3 is 2.74 bits per heavy atom. The Morgan fingerprint density at radius 2 is 2.06 bits per heavy atom. The first-order chi connectivity index (χ1) is 14.6. The van der Waals surface area contributed by atoms with Crippen molar-refractivity contribution in [1.29, 1.82) is 0 Å². The SMILES string of the molecule is CC(C)(CCCCC(O)/C=C/C1[C@H]2CC(=O)O[C@H]2C[C@H]1OC1CCCCO1)[Si](C)(C)O. The maximum Gasteiger partial charge on any atom is 0.306 e. The molecule has 0 bridgehead atoms. The summed E-state index contributed by atoms with van der Waals surface area (Å²) in [6, 6.07) is 0. The van der Waals surface area contributed by atoms with Crippen LogP contribution in [0.15, 0.2) is 12.2 Å². The Labute approximate surface area is 188 Å². The maximum absolute atomic E-state index is 11.8. The molecule has 0 amide bonds. The van der Waals surface area contributed by atoms with Crippen molar-refractivity contribution in [1.82, 2.24) is 0 Å². The third kappa shape index (κ3) is 6.63. The molecule has 1 aliphatic carbocycles. The highest BCUT2D eigenvalue weighted by Gasteiger charge is 2.50. The van der Waals surface area contributed by atoms with E-state index in [1.54, 1.807) is 0 Å². The van der Waals surface area contributed by atoms with Crippen molar-refractivity contribution in [3.05, 3.63) is 12.2 Å². The summed E-state index contributed by atoms with van der Waals surface area (Å²) in [5.41, 5.74) is 0. The number of aliphatic hydroxyl groups is 1. The average Bonchev–Trinajstić information content (AvgIpc) is 3.19. The van der Waals surface area contributed by atoms with Crippen molar-refractivity contribution in [3.63, 3.8) is 0 Å². The maximum atomic E-state index is 11.8. The average molecular weight is 455 g/mol. The van der Waals surface area contributed by atoms with Crippen molar-refractivity contribution in [2.24, 2.45) is 11.8 Å². The number of unbranched alkanes of at least 4 members (excludes halogenated alkanes) is 1. The van der Waals surface area contributed by atoms with Crippen molar-refractivity contribution >= 4 is 14.3 Å². The molecule has 6 atom stereocenters. The molecular formula is C24H42O6Si. The Hall–Kier alpha value is -0.733. The second-order valence-corrected chi connectivity index (χ2v) is 15.3. The minimum Gasteiger partial charge on any atom is -0.462 e. The minimum absolute atomic E-state index is 0.0204. The smallest absolute Gasteiger partial charge is 0.306 e. The molecule has 178 valence electrons. The highest BCUT2D eigenvalue weighted by molar-refractivity contribution is 6.72. The summed E-state index contributed by atoms with van der Waals surface area (Å²) in [6.07, 6.45) is 11.0. The molecule has 0 aromatic heterocycles. The number of fused-ring (bicyclic) bond motifs is 1. The van der Waals surface area contributed by atoms with Crippen LogP contribution in [-0.2, 0) is 19.0 Å². The van der Waals surface area contributed by atoms with E-state index in [9.17, 15) is 14.7 Å². The lowest BCUT2D eigenvalue weighted by atomic mass is 9.91. The van der Waals surface area contributed by atoms with Crippen LogP contribution in [0, 0.1) is 11.8 Å². The molecule has 0 spiro atoms. The fraction of sp³-hybridized carbons (Fsp3) is 0.875. The summed E-state index contributed by atoms with van der Waals surface area (Å²) >= 11 is 0. The Bertz CT molecular complexity index is 622. The molecule has 0 aromatic carbocycles. The van der Waals surface area contributed by atoms with Gasteiger partial charge < -0.3 is 24.1 Å². The van der Waals surface area contributed by atoms with Gasteiger partial charge in [0.15, 0.2) is 14.6 Å². The lowest BCUT2D eigenvalue weighted by Crippen LogP contribution is -2.38. The number of aliphatic hydroxyl groups excluding tert-OH is 1. The number of hydrogen-bond acceptors (Lipinski definition) is 6. The van der Waals surface area contributed by atoms with E-state index in [2.05, 4.69) is 19.9 Å². The largest absolute Gasteiger partial charge is 0.462 e. The highest BCUT2D eigenvalue weighted by atomic mass is 28.4. The molecule has 3 fully saturated rings. The molecule has 2 aliphatic heterocycles. The van der Waals surface area contributed by atoms with Gasteiger partial charge in [0.05, 0.1) is 18.6 Å². The van der Waals surface area contributed by atoms with E-state index in [1.165, 1.54) is 0 Å². The van der Waals surface area contributed by atoms with Crippen molar-refractivity contribution in [2.45, 2.75) is 114 Å². The second kappa shape index (κ2) is 10.5. The van der Waals surface area contributed by atoms with E-state index in [0.717, 1.165) is 45.1 Å². The predicted molar refractivity (Wildman–Crippen MR) is 122 cm³/mol. The number of hydrogen-bond donors (Lipinski definition) is 2. The topological polar surface area (TPSA) is 85.2 Å². The number of carbonyl (C=O) groups is 1. The fourth-order valence-corrected chi connectivity index (χ4v) is 5.69. The van der Waals surface area contributed by atoms with E-state index >= 15 is 0 Å². The number of ether oxygens (including phenoxy) is 3. The summed E-state index contributed by atoms with van der Waals surface area (Å²) < 4.78 is 17.5. The van der Waals surface area contributed by atoms with Crippen molar-refractivity contribution in [2.75, 3.05) is 6.61 Å². The van der Waals surface area contributed by atoms with E-state index in [1.807, 2.05) is 19.2 Å². The molecular weight excluding hydrogens is 412 g/mol. The van der Waals surface area contributed by atoms with Gasteiger partial charge in [-0.1, -0.05) is 38.8 Å². The Kier molecular flexibility index (Phi) is 8.41. The van der Waals surface area contributed by atoms with Crippen LogP contribution in [0.4, 0.5) is 0 Å². The fourth-order valence-electron chi connectivity index (χ4n) is 4.90. The highest BCUT2D eigenvalue weighted by Crippen LogP contribution is 2.44. The van der Waals surface area contributed by atoms with Crippen LogP contribution >= 0.6 is 0 Å². The normalized spacial score (nSPS) is 33.0. The summed E-state index contributed by atoms with van der Waals surface area (Å²) in [4.78, 5) is 22.2. The summed E-state index contributed by atoms with van der Waals surface area (Å²) in [5.74, 6) is 0.0677. The summed E-state index contributed by atoms with van der Waals surface area (Å²) in [6.45, 7) is 9.02. The van der Waals surface area contributed by atoms with E-state index in [0.29, 0.717) is 19.3 Å². The Balaban J connectivity index is 1.50. The third-order valence-electron chi connectivity index (χ3n) is 7.78. The van der Waals surface area contributed by atoms with Gasteiger partial charge in [0.2, 0.25) is 0 Å². The van der Waals surface area contributed by atoms with Gasteiger partial charge in [-0.2, -0.15) is 0 Å². The first-order valence-corrected chi connectivity index (χ1v) is 15.1. The number of rotatable bonds is 10. The van der Waals surface area contributed by atoms with Crippen LogP contribution in [0.2, 0.25) is 18.1 Å². The number of esters is 1. The quantitative estimate of drug-likeness (QED) is 0.221. The van der Waals surface area contributed by atoms with Gasteiger partial charge in [-0.15, -0.1) is 0 Å². The predicted octanol–water partition coefficient (Wildman–Crippen LogP) is 4.30. The van der Waals surface area contributed by atoms with Crippen LogP contribution < -0.4 is 0 Å². The van der Waals surface area contributed by atoms with Gasteiger partial charge in [-0.05, 0) is 50.2 Å². The van der Waals surface area contributed by atoms with Crippen LogP contribution in [-0.4, -0.2) is 55.4 Å². The summed E-state index contributed by atoms with van der Waals surface area (Å²) in [5, 5.41) is 10.5. The first-order valence-electron chi connectivity index (χ1n) is 12.1. The minimum atomic E-state index is -2.18. The number of carbonyl (C=O) groups excluding carboxylic acids is 1. The zero-order valence-corrected chi connectivity index (χ0v) is 20.7. The molecule has 3 rings (SSSR count). The van der Waals surface area contributed by atoms with Crippen LogP contribution in [0.25, 0.3) is 0 Å². The van der Waals surface area contributed by atoms with Crippen molar-refractivity contribution < 1.29 is 28.9 Å². The standard InChI is InChI=1S/C24H42O6Si/c1-24(2,31(3,4)27)13-7-5-9-17(25)11-12-18-19-15-22(26)29-21(19)16-20(18)30-23-10-6-8-14-28-23/h11-12,17-21,23,25,27H,5-10,13-16H2,1-4H3/b12-11+/t17?,18?,19-,20-,21+,23?/m1/s1. The molecule has 7 heteroatoms. The molecule has 0 aromatic rings. The molecule has 2 N–H and O–H groups in total. The Morgan fingerprint density at radius 1 is 1.29 bits per heavy atom. The van der Waals surface area contributed by atoms with Crippen LogP contribution in [0.1, 0.15) is 71.6 Å². The van der Waals surface area contributed by atoms with E-state index in [-0.39, 0.29) is 41.3 Å². The summed E-state index contributed by atoms with van der Waals surface area (Å²) in [7, 11) is -2.18. The molecule has 0 radical (unpaired) electrons. The zero-order chi connectivity index (χ0) is 22.6. The lowest BCUT2D eigenvalue weighted by Gasteiger charge is -2.35. The molecule has 3 unspecified atom stereocenters. The van der Waals surface area contributed by atoms with Crippen molar-refractivity contribution in [3.8, 4) is 0 Å².